The van der Waals surface area contributed by atoms with E-state index < -0.39 is 0 Å². The Bertz CT molecular complexity index is 746. The van der Waals surface area contributed by atoms with Gasteiger partial charge in [-0.05, 0) is 50.5 Å². The Hall–Kier alpha value is -1.33. The maximum Gasteiger partial charge on any atom is 0.223 e. The van der Waals surface area contributed by atoms with Crippen LogP contribution in [0.5, 0.6) is 0 Å². The number of amides is 1. The number of fused-ring (bicyclic) bond motifs is 6. The van der Waals surface area contributed by atoms with Crippen LogP contribution in [0.1, 0.15) is 50.7 Å². The lowest BCUT2D eigenvalue weighted by atomic mass is 9.68. The van der Waals surface area contributed by atoms with Crippen molar-refractivity contribution in [1.29, 1.82) is 0 Å². The van der Waals surface area contributed by atoms with E-state index in [1.807, 2.05) is 0 Å². The molecule has 1 aromatic rings. The van der Waals surface area contributed by atoms with Crippen molar-refractivity contribution in [1.82, 2.24) is 15.0 Å². The second-order valence-corrected chi connectivity index (χ2v) is 9.10. The summed E-state index contributed by atoms with van der Waals surface area (Å²) in [5.41, 5.74) is 1.55. The van der Waals surface area contributed by atoms with E-state index in [-0.39, 0.29) is 5.91 Å². The molecule has 3 fully saturated rings. The van der Waals surface area contributed by atoms with Crippen LogP contribution >= 0.6 is 11.6 Å². The van der Waals surface area contributed by atoms with E-state index in [0.29, 0.717) is 41.6 Å². The van der Waals surface area contributed by atoms with Crippen molar-refractivity contribution in [2.24, 2.45) is 11.8 Å². The summed E-state index contributed by atoms with van der Waals surface area (Å²) in [6.07, 6.45) is 11.2. The fourth-order valence-corrected chi connectivity index (χ4v) is 6.19. The van der Waals surface area contributed by atoms with Crippen LogP contribution < -0.4 is 0 Å². The van der Waals surface area contributed by atoms with E-state index in [4.69, 9.17) is 16.1 Å². The third-order valence-corrected chi connectivity index (χ3v) is 7.27. The number of piperidine rings is 3. The van der Waals surface area contributed by atoms with Crippen LogP contribution in [0.15, 0.2) is 22.2 Å². The van der Waals surface area contributed by atoms with Gasteiger partial charge in [-0.2, -0.15) is 0 Å². The number of aryl methyl sites for hydroxylation is 1. The van der Waals surface area contributed by atoms with Crippen LogP contribution in [0, 0.1) is 11.8 Å². The van der Waals surface area contributed by atoms with Crippen LogP contribution in [0.2, 0.25) is 5.15 Å². The van der Waals surface area contributed by atoms with Gasteiger partial charge in [0.25, 0.3) is 0 Å². The van der Waals surface area contributed by atoms with Crippen molar-refractivity contribution < 1.29 is 9.32 Å². The van der Waals surface area contributed by atoms with Gasteiger partial charge < -0.3 is 9.42 Å². The van der Waals surface area contributed by atoms with Crippen LogP contribution in [-0.4, -0.2) is 52.6 Å². The van der Waals surface area contributed by atoms with E-state index in [0.717, 1.165) is 19.0 Å². The van der Waals surface area contributed by atoms with E-state index in [1.54, 1.807) is 11.6 Å². The molecular formula is C21H28ClN3O2. The van der Waals surface area contributed by atoms with Gasteiger partial charge in [0.1, 0.15) is 5.76 Å². The number of carbonyl (C=O) groups is 1. The number of hydrogen-bond acceptors (Lipinski definition) is 4. The van der Waals surface area contributed by atoms with E-state index in [2.05, 4.69) is 21.0 Å². The molecule has 0 radical (unpaired) electrons. The highest BCUT2D eigenvalue weighted by Gasteiger charge is 2.46. The predicted molar refractivity (Wildman–Crippen MR) is 103 cm³/mol. The second kappa shape index (κ2) is 7.25. The maximum absolute atomic E-state index is 13.1. The highest BCUT2D eigenvalue weighted by atomic mass is 35.5. The quantitative estimate of drug-likeness (QED) is 0.740. The van der Waals surface area contributed by atoms with E-state index in [9.17, 15) is 4.79 Å². The number of halogens is 1. The van der Waals surface area contributed by atoms with Crippen LogP contribution in [0.3, 0.4) is 0 Å². The molecule has 1 amide bonds. The van der Waals surface area contributed by atoms with Gasteiger partial charge >= 0.3 is 0 Å². The van der Waals surface area contributed by atoms with Gasteiger partial charge in [-0.3, -0.25) is 9.69 Å². The molecule has 3 saturated heterocycles. The largest absolute Gasteiger partial charge is 0.360 e. The molecule has 1 aromatic heterocycles. The first kappa shape index (κ1) is 17.7. The van der Waals surface area contributed by atoms with Crippen molar-refractivity contribution in [3.05, 3.63) is 28.6 Å². The summed E-state index contributed by atoms with van der Waals surface area (Å²) >= 11 is 5.82. The zero-order chi connectivity index (χ0) is 18.4. The topological polar surface area (TPSA) is 49.6 Å². The minimum atomic E-state index is 0.248. The molecule has 0 spiro atoms. The van der Waals surface area contributed by atoms with Gasteiger partial charge in [-0.1, -0.05) is 34.8 Å². The van der Waals surface area contributed by atoms with Gasteiger partial charge in [0.2, 0.25) is 5.91 Å². The lowest BCUT2D eigenvalue weighted by molar-refractivity contribution is -0.136. The van der Waals surface area contributed by atoms with Gasteiger partial charge in [0.15, 0.2) is 5.15 Å². The molecule has 5 rings (SSSR count). The number of rotatable bonds is 3. The summed E-state index contributed by atoms with van der Waals surface area (Å²) in [4.78, 5) is 18.0. The average Bonchev–Trinajstić information content (AvgIpc) is 3.11. The predicted octanol–water partition coefficient (Wildman–Crippen LogP) is 3.68. The van der Waals surface area contributed by atoms with E-state index in [1.165, 1.54) is 45.2 Å². The first-order valence-corrected chi connectivity index (χ1v) is 10.9. The molecule has 2 bridgehead atoms. The minimum absolute atomic E-state index is 0.248. The number of likely N-dealkylation sites (tertiary alicyclic amines) is 1. The fraction of sp³-hybridized carbons (Fsp3) is 0.714. The highest BCUT2D eigenvalue weighted by molar-refractivity contribution is 6.29. The van der Waals surface area contributed by atoms with Crippen molar-refractivity contribution in [2.75, 3.05) is 19.6 Å². The summed E-state index contributed by atoms with van der Waals surface area (Å²) in [5, 5.41) is 4.06. The lowest BCUT2D eigenvalue weighted by Gasteiger charge is -2.54. The van der Waals surface area contributed by atoms with E-state index >= 15 is 0 Å². The van der Waals surface area contributed by atoms with Crippen LogP contribution in [-0.2, 0) is 11.2 Å². The number of aromatic nitrogens is 1. The summed E-state index contributed by atoms with van der Waals surface area (Å²) in [5.74, 6) is 2.26. The smallest absolute Gasteiger partial charge is 0.223 e. The van der Waals surface area contributed by atoms with Gasteiger partial charge in [0, 0.05) is 38.0 Å². The molecule has 5 nitrogen and oxygen atoms in total. The average molecular weight is 390 g/mol. The SMILES string of the molecule is O=C(CCc1cc(Cl)no1)N1CCCC2=C[C@H]3C[C@@H](CN4CCCC[C@H]34)[C@@H]21. The number of carbonyl (C=O) groups excluding carboxylic acids is 1. The maximum atomic E-state index is 13.1. The highest BCUT2D eigenvalue weighted by Crippen LogP contribution is 2.45. The zero-order valence-electron chi connectivity index (χ0n) is 15.8. The molecule has 0 aromatic carbocycles. The standard InChI is InChI=1S/C21H28ClN3O2/c22-19-12-17(27-23-19)6-7-20(26)25-9-3-4-14-10-15-11-16(21(14)25)13-24-8-2-1-5-18(15)24/h10,12,15-16,18,21H,1-9,11,13H2/t15-,16-,18+,21+/m0/s1. The second-order valence-electron chi connectivity index (χ2n) is 8.71. The zero-order valence-corrected chi connectivity index (χ0v) is 16.5. The molecule has 6 heteroatoms. The molecule has 4 atom stereocenters. The molecule has 0 saturated carbocycles. The molecule has 0 N–H and O–H groups in total. The first-order valence-electron chi connectivity index (χ1n) is 10.5. The molecule has 27 heavy (non-hydrogen) atoms. The van der Waals surface area contributed by atoms with Crippen molar-refractivity contribution in [3.63, 3.8) is 0 Å². The molecule has 3 aliphatic heterocycles. The summed E-state index contributed by atoms with van der Waals surface area (Å²) in [6, 6.07) is 2.79. The summed E-state index contributed by atoms with van der Waals surface area (Å²) in [6.45, 7) is 3.31. The molecule has 146 valence electrons. The van der Waals surface area contributed by atoms with Crippen molar-refractivity contribution >= 4 is 17.5 Å². The summed E-state index contributed by atoms with van der Waals surface area (Å²) < 4.78 is 5.16. The van der Waals surface area contributed by atoms with Gasteiger partial charge in [-0.25, -0.2) is 0 Å². The fourth-order valence-electron chi connectivity index (χ4n) is 6.03. The van der Waals surface area contributed by atoms with Crippen molar-refractivity contribution in [2.45, 2.75) is 63.5 Å². The molecular weight excluding hydrogens is 362 g/mol. The molecule has 4 aliphatic rings. The monoisotopic (exact) mass is 389 g/mol. The van der Waals surface area contributed by atoms with Crippen LogP contribution in [0.4, 0.5) is 0 Å². The van der Waals surface area contributed by atoms with Gasteiger partial charge in [0.05, 0.1) is 6.04 Å². The lowest BCUT2D eigenvalue weighted by Crippen LogP contribution is -2.60. The first-order chi connectivity index (χ1) is 13.2. The minimum Gasteiger partial charge on any atom is -0.360 e. The third kappa shape index (κ3) is 3.33. The molecule has 0 unspecified atom stereocenters. The summed E-state index contributed by atoms with van der Waals surface area (Å²) in [7, 11) is 0. The Labute approximate surface area is 165 Å². The Balaban J connectivity index is 1.32. The van der Waals surface area contributed by atoms with Crippen molar-refractivity contribution in [3.8, 4) is 0 Å². The van der Waals surface area contributed by atoms with Crippen LogP contribution in [0.25, 0.3) is 0 Å². The Morgan fingerprint density at radius 1 is 1.30 bits per heavy atom. The number of hydrogen-bond donors (Lipinski definition) is 0. The third-order valence-electron chi connectivity index (χ3n) is 7.09. The molecule has 4 heterocycles. The molecule has 1 aliphatic carbocycles. The Morgan fingerprint density at radius 3 is 3.07 bits per heavy atom. The van der Waals surface area contributed by atoms with Gasteiger partial charge in [-0.15, -0.1) is 0 Å². The Morgan fingerprint density at radius 2 is 2.22 bits per heavy atom. The normalized spacial score (nSPS) is 33.2. The Kier molecular flexibility index (Phi) is 4.76. The number of nitrogens with zero attached hydrogens (tertiary/aromatic N) is 3.